The summed E-state index contributed by atoms with van der Waals surface area (Å²) in [4.78, 5) is 0. The highest BCUT2D eigenvalue weighted by Gasteiger charge is 2.25. The van der Waals surface area contributed by atoms with Gasteiger partial charge in [-0.1, -0.05) is 6.07 Å². The first kappa shape index (κ1) is 11.2. The second-order valence-corrected chi connectivity index (χ2v) is 4.60. The Kier molecular flexibility index (Phi) is 2.36. The maximum atomic E-state index is 14.1. The number of fused-ring (bicyclic) bond motifs is 1. The average Bonchev–Trinajstić information content (AvgIpc) is 2.91. The molecule has 0 amide bonds. The summed E-state index contributed by atoms with van der Waals surface area (Å²) in [5, 5.41) is 4.08. The Morgan fingerprint density at radius 2 is 2.06 bits per heavy atom. The Hall–Kier alpha value is -1.91. The summed E-state index contributed by atoms with van der Waals surface area (Å²) >= 11 is 0. The van der Waals surface area contributed by atoms with Crippen LogP contribution >= 0.6 is 0 Å². The number of aryl methyl sites for hydroxylation is 1. The van der Waals surface area contributed by atoms with Gasteiger partial charge in [0, 0.05) is 11.3 Å². The lowest BCUT2D eigenvalue weighted by molar-refractivity contribution is 0.551. The lowest BCUT2D eigenvalue weighted by atomic mass is 10.2. The van der Waals surface area contributed by atoms with Crippen LogP contribution in [0.3, 0.4) is 0 Å². The first-order chi connectivity index (χ1) is 8.59. The number of hydrogen-bond donors (Lipinski definition) is 1. The first-order valence-electron chi connectivity index (χ1n) is 5.91. The van der Waals surface area contributed by atoms with Crippen LogP contribution in [0, 0.1) is 18.6 Å². The van der Waals surface area contributed by atoms with E-state index in [1.165, 1.54) is 16.8 Å². The largest absolute Gasteiger partial charge is 0.382 e. The molecule has 1 aromatic carbocycles. The molecule has 2 aromatic rings. The van der Waals surface area contributed by atoms with Crippen molar-refractivity contribution in [1.82, 2.24) is 9.78 Å². The van der Waals surface area contributed by atoms with Crippen LogP contribution in [-0.2, 0) is 12.8 Å². The van der Waals surface area contributed by atoms with E-state index in [9.17, 15) is 8.78 Å². The van der Waals surface area contributed by atoms with Crippen LogP contribution < -0.4 is 5.73 Å². The van der Waals surface area contributed by atoms with Crippen LogP contribution in [0.15, 0.2) is 12.1 Å². The van der Waals surface area contributed by atoms with E-state index >= 15 is 0 Å². The lowest BCUT2D eigenvalue weighted by Gasteiger charge is -2.09. The van der Waals surface area contributed by atoms with Gasteiger partial charge in [0.25, 0.3) is 0 Å². The van der Waals surface area contributed by atoms with E-state index < -0.39 is 11.6 Å². The second-order valence-electron chi connectivity index (χ2n) is 4.60. The monoisotopic (exact) mass is 249 g/mol. The molecule has 1 aliphatic rings. The Morgan fingerprint density at radius 1 is 1.28 bits per heavy atom. The fraction of sp³-hybridized carbons (Fsp3) is 0.308. The van der Waals surface area contributed by atoms with Crippen molar-refractivity contribution in [2.75, 3.05) is 5.73 Å². The van der Waals surface area contributed by atoms with E-state index in [1.54, 1.807) is 6.92 Å². The van der Waals surface area contributed by atoms with Gasteiger partial charge in [-0.05, 0) is 37.8 Å². The molecule has 0 atom stereocenters. The van der Waals surface area contributed by atoms with Crippen molar-refractivity contribution in [2.24, 2.45) is 0 Å². The number of anilines is 1. The molecule has 0 saturated carbocycles. The zero-order valence-electron chi connectivity index (χ0n) is 10.0. The van der Waals surface area contributed by atoms with Gasteiger partial charge in [-0.15, -0.1) is 5.10 Å². The number of nitrogens with two attached hydrogens (primary N) is 1. The number of benzene rings is 1. The molecule has 0 unspecified atom stereocenters. The molecule has 0 aliphatic heterocycles. The van der Waals surface area contributed by atoms with E-state index in [0.717, 1.165) is 30.5 Å². The summed E-state index contributed by atoms with van der Waals surface area (Å²) in [5.41, 5.74) is 7.82. The normalized spacial score (nSPS) is 13.9. The first-order valence-corrected chi connectivity index (χ1v) is 5.91. The van der Waals surface area contributed by atoms with Crippen molar-refractivity contribution in [2.45, 2.75) is 26.2 Å². The van der Waals surface area contributed by atoms with Gasteiger partial charge in [0.15, 0.2) is 11.6 Å². The highest BCUT2D eigenvalue weighted by molar-refractivity contribution is 5.50. The van der Waals surface area contributed by atoms with Gasteiger partial charge in [0.2, 0.25) is 0 Å². The minimum Gasteiger partial charge on any atom is -0.382 e. The topological polar surface area (TPSA) is 43.8 Å². The molecule has 2 N–H and O–H groups in total. The molecule has 1 aliphatic carbocycles. The number of nitrogen functional groups attached to an aromatic ring is 1. The summed E-state index contributed by atoms with van der Waals surface area (Å²) in [6.45, 7) is 1.60. The van der Waals surface area contributed by atoms with Gasteiger partial charge in [-0.25, -0.2) is 13.5 Å². The highest BCUT2D eigenvalue weighted by atomic mass is 19.1. The SMILES string of the molecule is Cc1ccc(F)c(-n2nc(N)c3c2CCC3)c1F. The zero-order valence-corrected chi connectivity index (χ0v) is 10.0. The molecular formula is C13H13F2N3. The van der Waals surface area contributed by atoms with Crippen molar-refractivity contribution < 1.29 is 8.78 Å². The van der Waals surface area contributed by atoms with E-state index in [2.05, 4.69) is 5.10 Å². The van der Waals surface area contributed by atoms with Crippen molar-refractivity contribution in [1.29, 1.82) is 0 Å². The van der Waals surface area contributed by atoms with Gasteiger partial charge in [-0.3, -0.25) is 0 Å². The third kappa shape index (κ3) is 1.43. The third-order valence-electron chi connectivity index (χ3n) is 3.43. The smallest absolute Gasteiger partial charge is 0.154 e. The van der Waals surface area contributed by atoms with Crippen LogP contribution in [0.5, 0.6) is 0 Å². The fourth-order valence-corrected chi connectivity index (χ4v) is 2.49. The van der Waals surface area contributed by atoms with Gasteiger partial charge in [0.05, 0.1) is 0 Å². The minimum atomic E-state index is -0.615. The van der Waals surface area contributed by atoms with Crippen LogP contribution in [0.25, 0.3) is 5.69 Å². The van der Waals surface area contributed by atoms with Crippen molar-refractivity contribution in [3.8, 4) is 5.69 Å². The van der Waals surface area contributed by atoms with Crippen LogP contribution in [-0.4, -0.2) is 9.78 Å². The van der Waals surface area contributed by atoms with E-state index in [1.807, 2.05) is 0 Å². The van der Waals surface area contributed by atoms with Crippen LogP contribution in [0.1, 0.15) is 23.2 Å². The Labute approximate surface area is 103 Å². The van der Waals surface area contributed by atoms with Crippen LogP contribution in [0.2, 0.25) is 0 Å². The summed E-state index contributed by atoms with van der Waals surface area (Å²) in [7, 11) is 0. The molecule has 0 spiro atoms. The standard InChI is InChI=1S/C13H13F2N3/c1-7-5-6-9(14)12(11(7)15)18-10-4-2-3-8(10)13(16)17-18/h5-6H,2-4H2,1H3,(H2,16,17). The van der Waals surface area contributed by atoms with Gasteiger partial charge >= 0.3 is 0 Å². The molecular weight excluding hydrogens is 236 g/mol. The summed E-state index contributed by atoms with van der Waals surface area (Å²) < 4.78 is 29.3. The Morgan fingerprint density at radius 3 is 2.83 bits per heavy atom. The Bertz CT molecular complexity index is 632. The molecule has 0 fully saturated rings. The number of hydrogen-bond acceptors (Lipinski definition) is 2. The van der Waals surface area contributed by atoms with Crippen LogP contribution in [0.4, 0.5) is 14.6 Å². The Balaban J connectivity index is 2.28. The predicted molar refractivity (Wildman–Crippen MR) is 64.7 cm³/mol. The van der Waals surface area contributed by atoms with Crippen molar-refractivity contribution >= 4 is 5.82 Å². The van der Waals surface area contributed by atoms with E-state index in [4.69, 9.17) is 5.73 Å². The maximum absolute atomic E-state index is 14.1. The summed E-state index contributed by atoms with van der Waals surface area (Å²) in [6.07, 6.45) is 2.54. The molecule has 94 valence electrons. The molecule has 5 heteroatoms. The number of nitrogens with zero attached hydrogens (tertiary/aromatic N) is 2. The number of halogens is 2. The summed E-state index contributed by atoms with van der Waals surface area (Å²) in [6, 6.07) is 2.67. The molecule has 0 radical (unpaired) electrons. The fourth-order valence-electron chi connectivity index (χ4n) is 2.49. The molecule has 18 heavy (non-hydrogen) atoms. The highest BCUT2D eigenvalue weighted by Crippen LogP contribution is 2.31. The lowest BCUT2D eigenvalue weighted by Crippen LogP contribution is -2.08. The van der Waals surface area contributed by atoms with Gasteiger partial charge < -0.3 is 5.73 Å². The van der Waals surface area contributed by atoms with Gasteiger partial charge in [0.1, 0.15) is 11.5 Å². The zero-order chi connectivity index (χ0) is 12.9. The molecule has 3 rings (SSSR count). The molecule has 1 aromatic heterocycles. The van der Waals surface area contributed by atoms with Gasteiger partial charge in [-0.2, -0.15) is 0 Å². The quantitative estimate of drug-likeness (QED) is 0.844. The molecule has 0 saturated heterocycles. The predicted octanol–water partition coefficient (Wildman–Crippen LogP) is 2.53. The minimum absolute atomic E-state index is 0.121. The maximum Gasteiger partial charge on any atom is 0.154 e. The second kappa shape index (κ2) is 3.80. The molecule has 0 bridgehead atoms. The van der Waals surface area contributed by atoms with E-state index in [0.29, 0.717) is 11.4 Å². The van der Waals surface area contributed by atoms with Crippen molar-refractivity contribution in [3.63, 3.8) is 0 Å². The molecule has 1 heterocycles. The van der Waals surface area contributed by atoms with E-state index in [-0.39, 0.29) is 5.69 Å². The average molecular weight is 249 g/mol. The third-order valence-corrected chi connectivity index (χ3v) is 3.43. The number of aromatic nitrogens is 2. The molecule has 3 nitrogen and oxygen atoms in total. The van der Waals surface area contributed by atoms with Crippen molar-refractivity contribution in [3.05, 3.63) is 40.6 Å². The summed E-state index contributed by atoms with van der Waals surface area (Å²) in [5.74, 6) is -0.815. The number of rotatable bonds is 1.